The third-order valence-electron chi connectivity index (χ3n) is 2.95. The largest absolute Gasteiger partial charge is 0.462 e. The van der Waals surface area contributed by atoms with Gasteiger partial charge in [0.05, 0.1) is 6.61 Å². The molecule has 1 fully saturated rings. The highest BCUT2D eigenvalue weighted by Crippen LogP contribution is 2.19. The van der Waals surface area contributed by atoms with Crippen molar-refractivity contribution in [2.45, 2.75) is 19.9 Å². The van der Waals surface area contributed by atoms with Gasteiger partial charge in [0.15, 0.2) is 0 Å². The van der Waals surface area contributed by atoms with Crippen LogP contribution in [0.2, 0.25) is 0 Å². The fourth-order valence-corrected chi connectivity index (χ4v) is 2.14. The molecule has 98 valence electrons. The number of aromatic nitrogens is 1. The van der Waals surface area contributed by atoms with E-state index in [4.69, 9.17) is 4.74 Å². The SMILES string of the molecule is CCOC(=O)c1cccnc1N1CCNC(C)C1. The van der Waals surface area contributed by atoms with Gasteiger partial charge in [0.2, 0.25) is 0 Å². The summed E-state index contributed by atoms with van der Waals surface area (Å²) < 4.78 is 5.07. The van der Waals surface area contributed by atoms with E-state index in [2.05, 4.69) is 22.1 Å². The lowest BCUT2D eigenvalue weighted by Crippen LogP contribution is -2.50. The molecule has 0 spiro atoms. The molecule has 18 heavy (non-hydrogen) atoms. The van der Waals surface area contributed by atoms with Gasteiger partial charge in [0, 0.05) is 31.9 Å². The molecule has 1 unspecified atom stereocenters. The minimum absolute atomic E-state index is 0.299. The lowest BCUT2D eigenvalue weighted by Gasteiger charge is -2.33. The highest BCUT2D eigenvalue weighted by molar-refractivity contribution is 5.94. The van der Waals surface area contributed by atoms with Crippen LogP contribution in [-0.2, 0) is 4.74 Å². The van der Waals surface area contributed by atoms with E-state index in [1.807, 2.05) is 0 Å². The fourth-order valence-electron chi connectivity index (χ4n) is 2.14. The van der Waals surface area contributed by atoms with E-state index >= 15 is 0 Å². The smallest absolute Gasteiger partial charge is 0.341 e. The number of ether oxygens (including phenoxy) is 1. The van der Waals surface area contributed by atoms with E-state index in [-0.39, 0.29) is 5.97 Å². The summed E-state index contributed by atoms with van der Waals surface area (Å²) in [6.45, 7) is 6.92. The fraction of sp³-hybridized carbons (Fsp3) is 0.538. The number of hydrogen-bond acceptors (Lipinski definition) is 5. The highest BCUT2D eigenvalue weighted by atomic mass is 16.5. The lowest BCUT2D eigenvalue weighted by molar-refractivity contribution is 0.0526. The number of pyridine rings is 1. The quantitative estimate of drug-likeness (QED) is 0.812. The van der Waals surface area contributed by atoms with E-state index in [1.54, 1.807) is 25.3 Å². The van der Waals surface area contributed by atoms with Crippen LogP contribution in [0.4, 0.5) is 5.82 Å². The van der Waals surface area contributed by atoms with Gasteiger partial charge in [0.25, 0.3) is 0 Å². The van der Waals surface area contributed by atoms with Crippen molar-refractivity contribution in [1.82, 2.24) is 10.3 Å². The molecule has 0 amide bonds. The molecule has 1 saturated heterocycles. The third-order valence-corrected chi connectivity index (χ3v) is 2.95. The van der Waals surface area contributed by atoms with E-state index < -0.39 is 0 Å². The van der Waals surface area contributed by atoms with Gasteiger partial charge in [-0.3, -0.25) is 0 Å². The van der Waals surface area contributed by atoms with Crippen LogP contribution in [0.25, 0.3) is 0 Å². The Morgan fingerprint density at radius 3 is 3.22 bits per heavy atom. The van der Waals surface area contributed by atoms with Crippen LogP contribution in [-0.4, -0.2) is 43.2 Å². The average molecular weight is 249 g/mol. The van der Waals surface area contributed by atoms with Gasteiger partial charge in [0.1, 0.15) is 11.4 Å². The molecule has 2 rings (SSSR count). The molecule has 1 atom stereocenters. The number of rotatable bonds is 3. The van der Waals surface area contributed by atoms with Gasteiger partial charge in [-0.2, -0.15) is 0 Å². The first-order valence-corrected chi connectivity index (χ1v) is 6.33. The predicted octanol–water partition coefficient (Wildman–Crippen LogP) is 1.06. The van der Waals surface area contributed by atoms with Crippen molar-refractivity contribution in [3.8, 4) is 0 Å². The van der Waals surface area contributed by atoms with E-state index in [1.165, 1.54) is 0 Å². The highest BCUT2D eigenvalue weighted by Gasteiger charge is 2.22. The van der Waals surface area contributed by atoms with Crippen molar-refractivity contribution >= 4 is 11.8 Å². The number of carbonyl (C=O) groups is 1. The van der Waals surface area contributed by atoms with Gasteiger partial charge in [-0.1, -0.05) is 0 Å². The van der Waals surface area contributed by atoms with E-state index in [0.717, 1.165) is 25.5 Å². The molecule has 0 aromatic carbocycles. The molecule has 5 heteroatoms. The number of piperazine rings is 1. The number of nitrogens with zero attached hydrogens (tertiary/aromatic N) is 2. The second-order valence-corrected chi connectivity index (χ2v) is 4.40. The molecular formula is C13H19N3O2. The minimum Gasteiger partial charge on any atom is -0.462 e. The van der Waals surface area contributed by atoms with Crippen LogP contribution >= 0.6 is 0 Å². The summed E-state index contributed by atoms with van der Waals surface area (Å²) in [5.41, 5.74) is 0.549. The molecular weight excluding hydrogens is 230 g/mol. The van der Waals surface area contributed by atoms with Crippen molar-refractivity contribution in [3.05, 3.63) is 23.9 Å². The number of hydrogen-bond donors (Lipinski definition) is 1. The van der Waals surface area contributed by atoms with Crippen LogP contribution in [0.15, 0.2) is 18.3 Å². The third kappa shape index (κ3) is 2.79. The van der Waals surface area contributed by atoms with E-state index in [0.29, 0.717) is 18.2 Å². The number of esters is 1. The Morgan fingerprint density at radius 2 is 2.50 bits per heavy atom. The van der Waals surface area contributed by atoms with Gasteiger partial charge >= 0.3 is 5.97 Å². The molecule has 1 N–H and O–H groups in total. The summed E-state index contributed by atoms with van der Waals surface area (Å²) in [5.74, 6) is 0.427. The lowest BCUT2D eigenvalue weighted by atomic mass is 10.2. The van der Waals surface area contributed by atoms with Gasteiger partial charge in [-0.15, -0.1) is 0 Å². The number of nitrogens with one attached hydrogen (secondary N) is 1. The topological polar surface area (TPSA) is 54.5 Å². The Labute approximate surface area is 107 Å². The van der Waals surface area contributed by atoms with Gasteiger partial charge < -0.3 is 15.0 Å². The molecule has 5 nitrogen and oxygen atoms in total. The average Bonchev–Trinajstić information content (AvgIpc) is 2.39. The summed E-state index contributed by atoms with van der Waals surface area (Å²) >= 11 is 0. The Morgan fingerprint density at radius 1 is 1.67 bits per heavy atom. The predicted molar refractivity (Wildman–Crippen MR) is 69.9 cm³/mol. The zero-order valence-corrected chi connectivity index (χ0v) is 10.8. The first-order chi connectivity index (χ1) is 8.72. The molecule has 0 saturated carbocycles. The normalized spacial score (nSPS) is 19.7. The van der Waals surface area contributed by atoms with Gasteiger partial charge in [-0.25, -0.2) is 9.78 Å². The van der Waals surface area contributed by atoms with Crippen LogP contribution in [0.1, 0.15) is 24.2 Å². The van der Waals surface area contributed by atoms with E-state index in [9.17, 15) is 4.79 Å². The van der Waals surface area contributed by atoms with Crippen LogP contribution < -0.4 is 10.2 Å². The molecule has 1 aliphatic heterocycles. The van der Waals surface area contributed by atoms with Crippen molar-refractivity contribution in [1.29, 1.82) is 0 Å². The summed E-state index contributed by atoms with van der Waals surface area (Å²) in [4.78, 5) is 18.4. The Kier molecular flexibility index (Phi) is 4.15. The van der Waals surface area contributed by atoms with Crippen molar-refractivity contribution in [2.75, 3.05) is 31.1 Å². The second-order valence-electron chi connectivity index (χ2n) is 4.40. The Balaban J connectivity index is 2.23. The maximum absolute atomic E-state index is 11.9. The molecule has 1 aromatic heterocycles. The number of carbonyl (C=O) groups excluding carboxylic acids is 1. The molecule has 0 aliphatic carbocycles. The van der Waals surface area contributed by atoms with Crippen LogP contribution in [0, 0.1) is 0 Å². The summed E-state index contributed by atoms with van der Waals surface area (Å²) in [6.07, 6.45) is 1.71. The summed E-state index contributed by atoms with van der Waals surface area (Å²) in [7, 11) is 0. The van der Waals surface area contributed by atoms with Crippen molar-refractivity contribution in [3.63, 3.8) is 0 Å². The standard InChI is InChI=1S/C13H19N3O2/c1-3-18-13(17)11-5-4-6-15-12(11)16-8-7-14-10(2)9-16/h4-6,10,14H,3,7-9H2,1-2H3. The van der Waals surface area contributed by atoms with Crippen molar-refractivity contribution < 1.29 is 9.53 Å². The minimum atomic E-state index is -0.299. The Bertz CT molecular complexity index is 422. The monoisotopic (exact) mass is 249 g/mol. The van der Waals surface area contributed by atoms with Crippen molar-refractivity contribution in [2.24, 2.45) is 0 Å². The molecule has 0 bridgehead atoms. The second kappa shape index (κ2) is 5.82. The molecule has 0 radical (unpaired) electrons. The first-order valence-electron chi connectivity index (χ1n) is 6.33. The molecule has 1 aromatic rings. The van der Waals surface area contributed by atoms with Crippen LogP contribution in [0.3, 0.4) is 0 Å². The maximum atomic E-state index is 11.9. The zero-order valence-electron chi connectivity index (χ0n) is 10.8. The molecule has 2 heterocycles. The summed E-state index contributed by atoms with van der Waals surface area (Å²) in [6, 6.07) is 3.94. The maximum Gasteiger partial charge on any atom is 0.341 e. The van der Waals surface area contributed by atoms with Crippen LogP contribution in [0.5, 0.6) is 0 Å². The number of anilines is 1. The molecule has 1 aliphatic rings. The summed E-state index contributed by atoms with van der Waals surface area (Å²) in [5, 5.41) is 3.37. The Hall–Kier alpha value is -1.62. The first kappa shape index (κ1) is 12.8. The van der Waals surface area contributed by atoms with Gasteiger partial charge in [-0.05, 0) is 26.0 Å². The zero-order chi connectivity index (χ0) is 13.0.